The van der Waals surface area contributed by atoms with Crippen LogP contribution in [0.15, 0.2) is 24.3 Å². The molecule has 6 nitrogen and oxygen atoms in total. The van der Waals surface area contributed by atoms with Crippen molar-refractivity contribution < 1.29 is 13.2 Å². The molecule has 1 saturated heterocycles. The summed E-state index contributed by atoms with van der Waals surface area (Å²) in [7, 11) is -3.00. The molecule has 0 radical (unpaired) electrons. The summed E-state index contributed by atoms with van der Waals surface area (Å²) in [5.41, 5.74) is 1.67. The standard InChI is InChI=1S/C13H19N3O3S/c1-10(9-20(2,18)19)15-11-3-5-12(6-4-11)16-8-7-14-13(16)17/h3-6,10,15H,7-9H2,1-2H3,(H,14,17). The highest BCUT2D eigenvalue weighted by Gasteiger charge is 2.20. The molecule has 1 aliphatic heterocycles. The molecule has 0 bridgehead atoms. The van der Waals surface area contributed by atoms with Crippen LogP contribution in [0.4, 0.5) is 16.2 Å². The third-order valence-corrected chi connectivity index (χ3v) is 4.11. The second kappa shape index (κ2) is 5.70. The van der Waals surface area contributed by atoms with E-state index in [1.54, 1.807) is 4.90 Å². The van der Waals surface area contributed by atoms with Crippen molar-refractivity contribution in [3.05, 3.63) is 24.3 Å². The number of rotatable bonds is 5. The number of nitrogens with zero attached hydrogens (tertiary/aromatic N) is 1. The second-order valence-corrected chi connectivity index (χ2v) is 7.25. The first-order chi connectivity index (χ1) is 9.35. The maximum Gasteiger partial charge on any atom is 0.321 e. The van der Waals surface area contributed by atoms with Crippen LogP contribution in [0.2, 0.25) is 0 Å². The van der Waals surface area contributed by atoms with E-state index < -0.39 is 9.84 Å². The number of amides is 2. The Morgan fingerprint density at radius 2 is 2.00 bits per heavy atom. The lowest BCUT2D eigenvalue weighted by atomic mass is 10.2. The van der Waals surface area contributed by atoms with E-state index in [2.05, 4.69) is 10.6 Å². The van der Waals surface area contributed by atoms with Crippen molar-refractivity contribution in [2.75, 3.05) is 35.3 Å². The number of carbonyl (C=O) groups excluding carboxylic acids is 1. The van der Waals surface area contributed by atoms with Crippen LogP contribution >= 0.6 is 0 Å². The smallest absolute Gasteiger partial charge is 0.321 e. The van der Waals surface area contributed by atoms with E-state index in [9.17, 15) is 13.2 Å². The van der Waals surface area contributed by atoms with Crippen molar-refractivity contribution in [3.63, 3.8) is 0 Å². The van der Waals surface area contributed by atoms with E-state index in [-0.39, 0.29) is 17.8 Å². The van der Waals surface area contributed by atoms with Crippen LogP contribution in [0.5, 0.6) is 0 Å². The van der Waals surface area contributed by atoms with E-state index >= 15 is 0 Å². The van der Waals surface area contributed by atoms with E-state index in [0.717, 1.165) is 11.4 Å². The topological polar surface area (TPSA) is 78.5 Å². The van der Waals surface area contributed by atoms with Gasteiger partial charge < -0.3 is 10.6 Å². The Morgan fingerprint density at radius 3 is 2.50 bits per heavy atom. The van der Waals surface area contributed by atoms with Crippen molar-refractivity contribution in [1.82, 2.24) is 5.32 Å². The molecule has 1 heterocycles. The molecule has 0 spiro atoms. The summed E-state index contributed by atoms with van der Waals surface area (Å²) in [6, 6.07) is 7.14. The molecule has 0 aromatic heterocycles. The summed E-state index contributed by atoms with van der Waals surface area (Å²) >= 11 is 0. The zero-order valence-corrected chi connectivity index (χ0v) is 12.4. The number of urea groups is 1. The lowest BCUT2D eigenvalue weighted by Gasteiger charge is -2.17. The predicted octanol–water partition coefficient (Wildman–Crippen LogP) is 1.06. The average Bonchev–Trinajstić information content (AvgIpc) is 2.74. The van der Waals surface area contributed by atoms with Crippen molar-refractivity contribution >= 4 is 27.2 Å². The molecular formula is C13H19N3O3S. The van der Waals surface area contributed by atoms with Gasteiger partial charge in [-0.1, -0.05) is 0 Å². The van der Waals surface area contributed by atoms with E-state index in [4.69, 9.17) is 0 Å². The highest BCUT2D eigenvalue weighted by Crippen LogP contribution is 2.20. The number of nitrogens with one attached hydrogen (secondary N) is 2. The molecule has 20 heavy (non-hydrogen) atoms. The summed E-state index contributed by atoms with van der Waals surface area (Å²) in [4.78, 5) is 13.2. The van der Waals surface area contributed by atoms with Crippen molar-refractivity contribution in [3.8, 4) is 0 Å². The fraction of sp³-hybridized carbons (Fsp3) is 0.462. The quantitative estimate of drug-likeness (QED) is 0.852. The van der Waals surface area contributed by atoms with Gasteiger partial charge in [-0.15, -0.1) is 0 Å². The van der Waals surface area contributed by atoms with Gasteiger partial charge in [0.25, 0.3) is 0 Å². The average molecular weight is 297 g/mol. The van der Waals surface area contributed by atoms with Gasteiger partial charge in [0.15, 0.2) is 0 Å². The zero-order valence-electron chi connectivity index (χ0n) is 11.6. The third-order valence-electron chi connectivity index (χ3n) is 3.00. The second-order valence-electron chi connectivity index (χ2n) is 5.07. The van der Waals surface area contributed by atoms with Gasteiger partial charge >= 0.3 is 6.03 Å². The van der Waals surface area contributed by atoms with Crippen LogP contribution in [0, 0.1) is 0 Å². The van der Waals surface area contributed by atoms with Gasteiger partial charge in [0, 0.05) is 36.8 Å². The molecule has 0 aliphatic carbocycles. The Bertz CT molecular complexity index is 583. The van der Waals surface area contributed by atoms with Crippen LogP contribution in [-0.2, 0) is 9.84 Å². The van der Waals surface area contributed by atoms with E-state index in [0.29, 0.717) is 13.1 Å². The molecule has 0 saturated carbocycles. The molecule has 2 amide bonds. The fourth-order valence-electron chi connectivity index (χ4n) is 2.24. The highest BCUT2D eigenvalue weighted by atomic mass is 32.2. The van der Waals surface area contributed by atoms with Crippen LogP contribution in [0.3, 0.4) is 0 Å². The van der Waals surface area contributed by atoms with Gasteiger partial charge in [-0.05, 0) is 31.2 Å². The maximum atomic E-state index is 11.5. The number of carbonyl (C=O) groups is 1. The summed E-state index contributed by atoms with van der Waals surface area (Å²) in [6.07, 6.45) is 1.22. The molecule has 7 heteroatoms. The number of anilines is 2. The molecule has 110 valence electrons. The first-order valence-corrected chi connectivity index (χ1v) is 8.51. The van der Waals surface area contributed by atoms with E-state index in [1.807, 2.05) is 31.2 Å². The molecule has 1 atom stereocenters. The molecule has 1 aromatic carbocycles. The lowest BCUT2D eigenvalue weighted by molar-refractivity contribution is 0.252. The maximum absolute atomic E-state index is 11.5. The summed E-state index contributed by atoms with van der Waals surface area (Å²) in [5, 5.41) is 5.87. The normalized spacial score (nSPS) is 16.9. The van der Waals surface area contributed by atoms with Crippen LogP contribution < -0.4 is 15.5 Å². The number of benzene rings is 1. The van der Waals surface area contributed by atoms with Crippen molar-refractivity contribution in [2.24, 2.45) is 0 Å². The molecule has 2 N–H and O–H groups in total. The third kappa shape index (κ3) is 3.86. The molecule has 1 aliphatic rings. The van der Waals surface area contributed by atoms with Crippen LogP contribution in [0.25, 0.3) is 0 Å². The zero-order chi connectivity index (χ0) is 14.8. The van der Waals surface area contributed by atoms with Gasteiger partial charge in [0.05, 0.1) is 5.75 Å². The molecule has 1 fully saturated rings. The largest absolute Gasteiger partial charge is 0.382 e. The monoisotopic (exact) mass is 297 g/mol. The van der Waals surface area contributed by atoms with Gasteiger partial charge in [-0.3, -0.25) is 4.90 Å². The minimum absolute atomic E-state index is 0.0866. The number of sulfone groups is 1. The first kappa shape index (κ1) is 14.6. The molecule has 2 rings (SSSR count). The first-order valence-electron chi connectivity index (χ1n) is 6.45. The summed E-state index contributed by atoms with van der Waals surface area (Å²) in [5.74, 6) is 0.0866. The Morgan fingerprint density at radius 1 is 1.35 bits per heavy atom. The molecule has 1 unspecified atom stereocenters. The van der Waals surface area contributed by atoms with E-state index in [1.165, 1.54) is 6.26 Å². The fourth-order valence-corrected chi connectivity index (χ4v) is 3.23. The van der Waals surface area contributed by atoms with Gasteiger partial charge in [-0.2, -0.15) is 0 Å². The number of hydrogen-bond acceptors (Lipinski definition) is 4. The van der Waals surface area contributed by atoms with Gasteiger partial charge in [-0.25, -0.2) is 13.2 Å². The molecule has 1 aromatic rings. The van der Waals surface area contributed by atoms with Crippen molar-refractivity contribution in [2.45, 2.75) is 13.0 Å². The minimum atomic E-state index is -3.00. The number of hydrogen-bond donors (Lipinski definition) is 2. The highest BCUT2D eigenvalue weighted by molar-refractivity contribution is 7.90. The minimum Gasteiger partial charge on any atom is -0.382 e. The Kier molecular flexibility index (Phi) is 4.17. The summed E-state index contributed by atoms with van der Waals surface area (Å²) in [6.45, 7) is 3.14. The van der Waals surface area contributed by atoms with Gasteiger partial charge in [0.2, 0.25) is 0 Å². The lowest BCUT2D eigenvalue weighted by Crippen LogP contribution is -2.27. The van der Waals surface area contributed by atoms with Crippen molar-refractivity contribution in [1.29, 1.82) is 0 Å². The Balaban J connectivity index is 2.00. The Labute approximate surface area is 119 Å². The SMILES string of the molecule is CC(CS(C)(=O)=O)Nc1ccc(N2CCNC2=O)cc1. The summed E-state index contributed by atoms with van der Waals surface area (Å²) < 4.78 is 22.4. The van der Waals surface area contributed by atoms with Crippen LogP contribution in [-0.4, -0.2) is 45.6 Å². The van der Waals surface area contributed by atoms with Crippen LogP contribution in [0.1, 0.15) is 6.92 Å². The predicted molar refractivity (Wildman–Crippen MR) is 80.0 cm³/mol. The molecular weight excluding hydrogens is 278 g/mol. The van der Waals surface area contributed by atoms with Gasteiger partial charge in [0.1, 0.15) is 9.84 Å². The Hall–Kier alpha value is -1.76.